The Morgan fingerprint density at radius 2 is 2.05 bits per heavy atom. The second kappa shape index (κ2) is 5.22. The van der Waals surface area contributed by atoms with Gasteiger partial charge in [0.1, 0.15) is 0 Å². The summed E-state index contributed by atoms with van der Waals surface area (Å²) < 4.78 is 1.51. The summed E-state index contributed by atoms with van der Waals surface area (Å²) in [6.07, 6.45) is 4.51. The fraction of sp³-hybridized carbons (Fsp3) is 0.250. The molecule has 2 heterocycles. The standard InChI is InChI=1S/C16H15N5O/c22-16(13-6-8-15-18-19-20-21(15)10-13)17-14-7-5-11-3-1-2-4-12(11)9-14/h1-4,6,8,10,14H,5,7,9H2,(H,17,22)/t14-/m1/s1. The van der Waals surface area contributed by atoms with Gasteiger partial charge in [0.2, 0.25) is 0 Å². The van der Waals surface area contributed by atoms with Crippen molar-refractivity contribution in [1.29, 1.82) is 0 Å². The van der Waals surface area contributed by atoms with Crippen LogP contribution in [0.5, 0.6) is 0 Å². The fourth-order valence-corrected chi connectivity index (χ4v) is 2.97. The Labute approximate surface area is 127 Å². The van der Waals surface area contributed by atoms with Gasteiger partial charge in [-0.1, -0.05) is 24.3 Å². The van der Waals surface area contributed by atoms with Gasteiger partial charge in [-0.2, -0.15) is 4.52 Å². The van der Waals surface area contributed by atoms with Crippen molar-refractivity contribution in [2.45, 2.75) is 25.3 Å². The second-order valence-electron chi connectivity index (χ2n) is 5.58. The molecule has 0 fully saturated rings. The Hall–Kier alpha value is -2.76. The summed E-state index contributed by atoms with van der Waals surface area (Å²) in [6.45, 7) is 0. The number of hydrogen-bond donors (Lipinski definition) is 1. The lowest BCUT2D eigenvalue weighted by Gasteiger charge is -2.25. The first-order valence-corrected chi connectivity index (χ1v) is 7.35. The van der Waals surface area contributed by atoms with Crippen LogP contribution in [0.1, 0.15) is 27.9 Å². The first-order chi connectivity index (χ1) is 10.8. The maximum absolute atomic E-state index is 12.4. The topological polar surface area (TPSA) is 72.2 Å². The number of aryl methyl sites for hydroxylation is 1. The maximum Gasteiger partial charge on any atom is 0.253 e. The number of nitrogens with one attached hydrogen (secondary N) is 1. The summed E-state index contributed by atoms with van der Waals surface area (Å²) in [5.41, 5.74) is 3.92. The van der Waals surface area contributed by atoms with Gasteiger partial charge in [0, 0.05) is 12.2 Å². The van der Waals surface area contributed by atoms with Crippen molar-refractivity contribution in [1.82, 2.24) is 25.4 Å². The predicted molar refractivity (Wildman–Crippen MR) is 80.5 cm³/mol. The van der Waals surface area contributed by atoms with Gasteiger partial charge in [0.25, 0.3) is 5.91 Å². The number of carbonyl (C=O) groups is 1. The van der Waals surface area contributed by atoms with Crippen LogP contribution in [-0.4, -0.2) is 32.0 Å². The molecule has 0 unspecified atom stereocenters. The van der Waals surface area contributed by atoms with E-state index >= 15 is 0 Å². The number of rotatable bonds is 2. The van der Waals surface area contributed by atoms with Crippen molar-refractivity contribution in [3.63, 3.8) is 0 Å². The molecule has 0 radical (unpaired) electrons. The van der Waals surface area contributed by atoms with E-state index in [9.17, 15) is 4.79 Å². The molecule has 0 aliphatic heterocycles. The third-order valence-corrected chi connectivity index (χ3v) is 4.14. The molecule has 3 aromatic rings. The van der Waals surface area contributed by atoms with E-state index in [4.69, 9.17) is 0 Å². The molecule has 2 aromatic heterocycles. The van der Waals surface area contributed by atoms with Crippen LogP contribution in [0.15, 0.2) is 42.6 Å². The highest BCUT2D eigenvalue weighted by Gasteiger charge is 2.20. The number of fused-ring (bicyclic) bond motifs is 2. The monoisotopic (exact) mass is 293 g/mol. The molecular weight excluding hydrogens is 278 g/mol. The molecule has 1 aromatic carbocycles. The summed E-state index contributed by atoms with van der Waals surface area (Å²) in [5.74, 6) is -0.0817. The summed E-state index contributed by atoms with van der Waals surface area (Å²) >= 11 is 0. The first kappa shape index (κ1) is 12.9. The van der Waals surface area contributed by atoms with E-state index in [2.05, 4.69) is 45.1 Å². The Kier molecular flexibility index (Phi) is 3.07. The lowest BCUT2D eigenvalue weighted by molar-refractivity contribution is 0.0933. The van der Waals surface area contributed by atoms with Crippen molar-refractivity contribution in [2.75, 3.05) is 0 Å². The summed E-state index contributed by atoms with van der Waals surface area (Å²) in [4.78, 5) is 12.4. The minimum atomic E-state index is -0.0817. The third kappa shape index (κ3) is 2.32. The number of amides is 1. The number of pyridine rings is 1. The second-order valence-corrected chi connectivity index (χ2v) is 5.58. The quantitative estimate of drug-likeness (QED) is 0.775. The number of aromatic nitrogens is 4. The Morgan fingerprint density at radius 3 is 2.95 bits per heavy atom. The summed E-state index contributed by atoms with van der Waals surface area (Å²) in [6, 6.07) is 12.1. The van der Waals surface area contributed by atoms with Crippen LogP contribution in [-0.2, 0) is 12.8 Å². The molecule has 6 heteroatoms. The van der Waals surface area contributed by atoms with Gasteiger partial charge in [-0.3, -0.25) is 4.79 Å². The van der Waals surface area contributed by atoms with Crippen molar-refractivity contribution >= 4 is 11.6 Å². The van der Waals surface area contributed by atoms with Crippen molar-refractivity contribution in [2.24, 2.45) is 0 Å². The third-order valence-electron chi connectivity index (χ3n) is 4.14. The lowest BCUT2D eigenvalue weighted by Crippen LogP contribution is -2.38. The molecule has 1 aliphatic carbocycles. The van der Waals surface area contributed by atoms with Gasteiger partial charge in [-0.05, 0) is 52.9 Å². The molecule has 0 bridgehead atoms. The van der Waals surface area contributed by atoms with Crippen molar-refractivity contribution < 1.29 is 4.79 Å². The highest BCUT2D eigenvalue weighted by Crippen LogP contribution is 2.21. The number of benzene rings is 1. The van der Waals surface area contributed by atoms with Gasteiger partial charge in [-0.15, -0.1) is 5.10 Å². The molecule has 1 atom stereocenters. The molecular formula is C16H15N5O. The number of tetrazole rings is 1. The fourth-order valence-electron chi connectivity index (χ4n) is 2.97. The molecule has 1 N–H and O–H groups in total. The van der Waals surface area contributed by atoms with E-state index in [1.54, 1.807) is 18.3 Å². The maximum atomic E-state index is 12.4. The van der Waals surface area contributed by atoms with Crippen molar-refractivity contribution in [3.05, 3.63) is 59.3 Å². The Morgan fingerprint density at radius 1 is 1.18 bits per heavy atom. The zero-order valence-electron chi connectivity index (χ0n) is 11.9. The van der Waals surface area contributed by atoms with Gasteiger partial charge in [0.05, 0.1) is 5.56 Å². The van der Waals surface area contributed by atoms with Crippen LogP contribution in [0.3, 0.4) is 0 Å². The molecule has 110 valence electrons. The van der Waals surface area contributed by atoms with E-state index in [1.807, 2.05) is 0 Å². The van der Waals surface area contributed by atoms with Crippen LogP contribution >= 0.6 is 0 Å². The molecule has 0 saturated heterocycles. The van der Waals surface area contributed by atoms with Crippen LogP contribution in [0, 0.1) is 0 Å². The highest BCUT2D eigenvalue weighted by molar-refractivity contribution is 5.94. The van der Waals surface area contributed by atoms with E-state index in [-0.39, 0.29) is 11.9 Å². The van der Waals surface area contributed by atoms with Crippen molar-refractivity contribution in [3.8, 4) is 0 Å². The van der Waals surface area contributed by atoms with Gasteiger partial charge in [-0.25, -0.2) is 0 Å². The number of nitrogens with zero attached hydrogens (tertiary/aromatic N) is 4. The van der Waals surface area contributed by atoms with E-state index in [0.29, 0.717) is 11.2 Å². The smallest absolute Gasteiger partial charge is 0.253 e. The van der Waals surface area contributed by atoms with Gasteiger partial charge < -0.3 is 5.32 Å². The SMILES string of the molecule is O=C(N[C@@H]1CCc2ccccc2C1)c1ccc2nnnn2c1. The summed E-state index contributed by atoms with van der Waals surface area (Å²) in [7, 11) is 0. The van der Waals surface area contributed by atoms with Crippen LogP contribution in [0.2, 0.25) is 0 Å². The van der Waals surface area contributed by atoms with E-state index in [1.165, 1.54) is 15.6 Å². The normalized spacial score (nSPS) is 17.2. The number of carbonyl (C=O) groups excluding carboxylic acids is 1. The van der Waals surface area contributed by atoms with Gasteiger partial charge >= 0.3 is 0 Å². The van der Waals surface area contributed by atoms with E-state index in [0.717, 1.165) is 19.3 Å². The molecule has 4 rings (SSSR count). The minimum absolute atomic E-state index is 0.0817. The number of hydrogen-bond acceptors (Lipinski definition) is 4. The average Bonchev–Trinajstić information content (AvgIpc) is 3.02. The van der Waals surface area contributed by atoms with Crippen LogP contribution < -0.4 is 5.32 Å². The molecule has 0 spiro atoms. The molecule has 1 amide bonds. The minimum Gasteiger partial charge on any atom is -0.349 e. The molecule has 1 aliphatic rings. The highest BCUT2D eigenvalue weighted by atomic mass is 16.1. The molecule has 0 saturated carbocycles. The first-order valence-electron chi connectivity index (χ1n) is 7.35. The Bertz CT molecular complexity index is 841. The largest absolute Gasteiger partial charge is 0.349 e. The van der Waals surface area contributed by atoms with E-state index < -0.39 is 0 Å². The van der Waals surface area contributed by atoms with Gasteiger partial charge in [0.15, 0.2) is 5.65 Å². The van der Waals surface area contributed by atoms with Crippen LogP contribution in [0.25, 0.3) is 5.65 Å². The predicted octanol–water partition coefficient (Wildman–Crippen LogP) is 1.41. The lowest BCUT2D eigenvalue weighted by atomic mass is 9.88. The zero-order chi connectivity index (χ0) is 14.9. The molecule has 6 nitrogen and oxygen atoms in total. The zero-order valence-corrected chi connectivity index (χ0v) is 11.9. The molecule has 22 heavy (non-hydrogen) atoms. The van der Waals surface area contributed by atoms with Crippen LogP contribution in [0.4, 0.5) is 0 Å². The Balaban J connectivity index is 1.50. The summed E-state index contributed by atoms with van der Waals surface area (Å²) in [5, 5.41) is 14.3. The average molecular weight is 293 g/mol.